The number of carbonyl (C=O) groups excluding carboxylic acids is 2. The number of benzene rings is 6. The molecule has 0 amide bonds. The Morgan fingerprint density at radius 2 is 0.806 bits per heavy atom. The lowest BCUT2D eigenvalue weighted by Gasteiger charge is -2.38. The minimum absolute atomic E-state index is 0.183. The van der Waals surface area contributed by atoms with Crippen molar-refractivity contribution in [1.82, 2.24) is 0 Å². The zero-order chi connectivity index (χ0) is 42.7. The maximum atomic E-state index is 13.1. The Labute approximate surface area is 358 Å². The summed E-state index contributed by atoms with van der Waals surface area (Å²) >= 11 is 0. The van der Waals surface area contributed by atoms with Gasteiger partial charge in [-0.15, -0.1) is 0 Å². The molecule has 0 spiro atoms. The summed E-state index contributed by atoms with van der Waals surface area (Å²) in [6.07, 6.45) is -1.10. The molecule has 6 aromatic carbocycles. The molecule has 10 rings (SSSR count). The number of hydrogen-bond acceptors (Lipinski definition) is 12. The van der Waals surface area contributed by atoms with Crippen LogP contribution in [0.25, 0.3) is 0 Å². The molecule has 6 aromatic rings. The third kappa shape index (κ3) is 7.53. The number of carbonyl (C=O) groups is 2. The molecule has 12 nitrogen and oxygen atoms in total. The van der Waals surface area contributed by atoms with Gasteiger partial charge in [-0.1, -0.05) is 72.8 Å². The van der Waals surface area contributed by atoms with Crippen molar-refractivity contribution < 1.29 is 57.0 Å². The summed E-state index contributed by atoms with van der Waals surface area (Å²) in [5.41, 5.74) is 5.51. The minimum atomic E-state index is -0.589. The van der Waals surface area contributed by atoms with E-state index in [0.29, 0.717) is 23.0 Å². The summed E-state index contributed by atoms with van der Waals surface area (Å²) in [6.45, 7) is 0.365. The van der Waals surface area contributed by atoms with Crippen molar-refractivity contribution in [2.45, 2.75) is 24.0 Å². The molecule has 0 bridgehead atoms. The van der Waals surface area contributed by atoms with Gasteiger partial charge in [0.1, 0.15) is 47.0 Å². The van der Waals surface area contributed by atoms with E-state index in [9.17, 15) is 9.59 Å². The molecule has 0 saturated carbocycles. The molecule has 0 aliphatic carbocycles. The smallest absolute Gasteiger partial charge is 0.313 e. The van der Waals surface area contributed by atoms with Gasteiger partial charge in [0.05, 0.1) is 28.4 Å². The van der Waals surface area contributed by atoms with Gasteiger partial charge in [0.2, 0.25) is 13.6 Å². The molecule has 62 heavy (non-hydrogen) atoms. The number of para-hydroxylation sites is 2. The number of ether oxygens (including phenoxy) is 10. The summed E-state index contributed by atoms with van der Waals surface area (Å²) in [4.78, 5) is 26.2. The van der Waals surface area contributed by atoms with Crippen LogP contribution in [0.2, 0.25) is 0 Å². The molecule has 316 valence electrons. The second-order valence-corrected chi connectivity index (χ2v) is 15.0. The summed E-state index contributed by atoms with van der Waals surface area (Å²) in [7, 11) is 6.08. The van der Waals surface area contributed by atoms with Crippen molar-refractivity contribution in [3.63, 3.8) is 0 Å². The van der Waals surface area contributed by atoms with Crippen LogP contribution in [0.1, 0.15) is 57.4 Å². The van der Waals surface area contributed by atoms with Gasteiger partial charge in [0, 0.05) is 23.0 Å². The molecule has 0 aromatic heterocycles. The minimum Gasteiger partial charge on any atom is -0.497 e. The molecule has 6 atom stereocenters. The van der Waals surface area contributed by atoms with E-state index in [-0.39, 0.29) is 37.4 Å². The molecular weight excluding hydrogens is 793 g/mol. The monoisotopic (exact) mass is 836 g/mol. The Balaban J connectivity index is 0.000000158. The van der Waals surface area contributed by atoms with E-state index in [1.54, 1.807) is 14.2 Å². The first-order valence-electron chi connectivity index (χ1n) is 20.1. The normalized spacial score (nSPS) is 21.0. The highest BCUT2D eigenvalue weighted by atomic mass is 16.7. The van der Waals surface area contributed by atoms with Crippen LogP contribution in [0.4, 0.5) is 0 Å². The molecule has 0 saturated heterocycles. The van der Waals surface area contributed by atoms with Crippen LogP contribution < -0.4 is 37.9 Å². The van der Waals surface area contributed by atoms with Gasteiger partial charge in [-0.25, -0.2) is 0 Å². The van der Waals surface area contributed by atoms with Crippen molar-refractivity contribution in [2.24, 2.45) is 11.8 Å². The molecule has 4 heterocycles. The molecule has 0 N–H and O–H groups in total. The maximum Gasteiger partial charge on any atom is 0.313 e. The van der Waals surface area contributed by atoms with E-state index in [1.807, 2.05) is 133 Å². The predicted octanol–water partition coefficient (Wildman–Crippen LogP) is 8.96. The maximum absolute atomic E-state index is 13.1. The van der Waals surface area contributed by atoms with Crippen molar-refractivity contribution in [2.75, 3.05) is 42.0 Å². The standard InChI is InChI=1S/2C25H22O6/c2*1-27-17-10-7-15(8-11-17)22-18-5-3-4-6-19(18)31-24(23(22)25(26)28-2)16-9-12-20-21(13-16)30-14-29-20/h2*3-13,22-24H,14H2,1-2H3. The van der Waals surface area contributed by atoms with Gasteiger partial charge in [-0.3, -0.25) is 9.59 Å². The second kappa shape index (κ2) is 17.3. The van der Waals surface area contributed by atoms with Crippen molar-refractivity contribution in [3.05, 3.63) is 167 Å². The van der Waals surface area contributed by atoms with E-state index in [2.05, 4.69) is 0 Å². The largest absolute Gasteiger partial charge is 0.497 e. The first-order chi connectivity index (χ1) is 30.4. The fourth-order valence-electron chi connectivity index (χ4n) is 8.77. The first kappa shape index (κ1) is 40.1. The molecule has 0 fully saturated rings. The SMILES string of the molecule is COC(=O)C1C(c2ccc3c(c2)OCO3)Oc2ccccc2C1c1ccc(OC)cc1.COC(=O)C1C(c2ccc3c(c2)OCO3)Oc2ccccc2C1c1ccc(OC)cc1. The Morgan fingerprint density at radius 3 is 1.19 bits per heavy atom. The van der Waals surface area contributed by atoms with E-state index < -0.39 is 24.0 Å². The molecule has 12 heteroatoms. The first-order valence-corrected chi connectivity index (χ1v) is 20.1. The van der Waals surface area contributed by atoms with E-state index >= 15 is 0 Å². The van der Waals surface area contributed by atoms with E-state index in [1.165, 1.54) is 14.2 Å². The zero-order valence-corrected chi connectivity index (χ0v) is 34.5. The van der Waals surface area contributed by atoms with Crippen molar-refractivity contribution in [1.29, 1.82) is 0 Å². The van der Waals surface area contributed by atoms with Gasteiger partial charge in [-0.2, -0.15) is 0 Å². The molecule has 6 unspecified atom stereocenters. The van der Waals surface area contributed by atoms with Crippen LogP contribution in [0.3, 0.4) is 0 Å². The summed E-state index contributed by atoms with van der Waals surface area (Å²) < 4.78 is 55.9. The number of rotatable bonds is 8. The zero-order valence-electron chi connectivity index (χ0n) is 34.5. The quantitative estimate of drug-likeness (QED) is 0.136. The van der Waals surface area contributed by atoms with Crippen LogP contribution in [0.5, 0.6) is 46.0 Å². The van der Waals surface area contributed by atoms with Gasteiger partial charge in [0.25, 0.3) is 0 Å². The topological polar surface area (TPSA) is 126 Å². The van der Waals surface area contributed by atoms with Crippen LogP contribution in [-0.2, 0) is 19.1 Å². The highest BCUT2D eigenvalue weighted by Gasteiger charge is 2.47. The average molecular weight is 837 g/mol. The van der Waals surface area contributed by atoms with Crippen molar-refractivity contribution >= 4 is 11.9 Å². The molecular formula is C50H44O12. The fraction of sp³-hybridized carbons (Fsp3) is 0.240. The lowest BCUT2D eigenvalue weighted by atomic mass is 9.74. The highest BCUT2D eigenvalue weighted by molar-refractivity contribution is 5.78. The predicted molar refractivity (Wildman–Crippen MR) is 225 cm³/mol. The second-order valence-electron chi connectivity index (χ2n) is 15.0. The molecule has 4 aliphatic rings. The van der Waals surface area contributed by atoms with Gasteiger partial charge < -0.3 is 47.4 Å². The van der Waals surface area contributed by atoms with E-state index in [0.717, 1.165) is 56.4 Å². The Morgan fingerprint density at radius 1 is 0.435 bits per heavy atom. The third-order valence-corrected chi connectivity index (χ3v) is 11.7. The summed E-state index contributed by atoms with van der Waals surface area (Å²) in [5, 5.41) is 0. The van der Waals surface area contributed by atoms with Crippen LogP contribution in [0, 0.1) is 11.8 Å². The number of esters is 2. The highest BCUT2D eigenvalue weighted by Crippen LogP contribution is 2.52. The van der Waals surface area contributed by atoms with Gasteiger partial charge in [0.15, 0.2) is 23.0 Å². The molecule has 0 radical (unpaired) electrons. The van der Waals surface area contributed by atoms with Crippen LogP contribution >= 0.6 is 0 Å². The number of hydrogen-bond donors (Lipinski definition) is 0. The molecule has 4 aliphatic heterocycles. The lowest BCUT2D eigenvalue weighted by Crippen LogP contribution is -2.36. The number of fused-ring (bicyclic) bond motifs is 4. The average Bonchev–Trinajstić information content (AvgIpc) is 4.02. The Hall–Kier alpha value is -7.34. The summed E-state index contributed by atoms with van der Waals surface area (Å²) in [5.74, 6) is 3.29. The third-order valence-electron chi connectivity index (χ3n) is 11.7. The van der Waals surface area contributed by atoms with Gasteiger partial charge in [-0.05, 0) is 82.9 Å². The summed E-state index contributed by atoms with van der Waals surface area (Å²) in [6, 6.07) is 42.4. The Kier molecular flexibility index (Phi) is 11.2. The van der Waals surface area contributed by atoms with Gasteiger partial charge >= 0.3 is 11.9 Å². The van der Waals surface area contributed by atoms with Crippen LogP contribution in [-0.4, -0.2) is 54.0 Å². The van der Waals surface area contributed by atoms with Crippen LogP contribution in [0.15, 0.2) is 133 Å². The Bertz CT molecular complexity index is 2390. The fourth-order valence-corrected chi connectivity index (χ4v) is 8.77. The number of methoxy groups -OCH3 is 4. The van der Waals surface area contributed by atoms with E-state index in [4.69, 9.17) is 47.4 Å². The van der Waals surface area contributed by atoms with Crippen molar-refractivity contribution in [3.8, 4) is 46.0 Å². The lowest BCUT2D eigenvalue weighted by molar-refractivity contribution is -0.151.